The van der Waals surface area contributed by atoms with Gasteiger partial charge in [0, 0.05) is 48.7 Å². The van der Waals surface area contributed by atoms with Crippen molar-refractivity contribution >= 4 is 11.9 Å². The molecule has 1 aliphatic heterocycles. The minimum absolute atomic E-state index is 0.186. The van der Waals surface area contributed by atoms with Gasteiger partial charge in [-0.2, -0.15) is 0 Å². The topological polar surface area (TPSA) is 85.0 Å². The van der Waals surface area contributed by atoms with E-state index in [-0.39, 0.29) is 11.9 Å². The maximum Gasteiger partial charge on any atom is 0.222 e. The zero-order valence-electron chi connectivity index (χ0n) is 18.9. The van der Waals surface area contributed by atoms with Crippen LogP contribution in [0, 0.1) is 13.8 Å². The zero-order chi connectivity index (χ0) is 22.5. The number of pyridine rings is 1. The molecule has 166 valence electrons. The number of amides is 1. The van der Waals surface area contributed by atoms with E-state index in [9.17, 15) is 4.79 Å². The summed E-state index contributed by atoms with van der Waals surface area (Å²) in [6, 6.07) is 14.7. The zero-order valence-corrected chi connectivity index (χ0v) is 18.9. The number of aromatic nitrogens is 3. The van der Waals surface area contributed by atoms with E-state index in [4.69, 9.17) is 10.7 Å². The molecule has 6 nitrogen and oxygen atoms in total. The molecule has 6 heteroatoms. The number of likely N-dealkylation sites (tertiary alicyclic amines) is 1. The van der Waals surface area contributed by atoms with E-state index in [1.54, 1.807) is 0 Å². The molecule has 1 aromatic carbocycles. The lowest BCUT2D eigenvalue weighted by Crippen LogP contribution is -2.39. The predicted molar refractivity (Wildman–Crippen MR) is 126 cm³/mol. The normalized spacial score (nSPS) is 16.2. The Labute approximate surface area is 189 Å². The van der Waals surface area contributed by atoms with Gasteiger partial charge in [-0.05, 0) is 62.3 Å². The van der Waals surface area contributed by atoms with Crippen LogP contribution in [-0.2, 0) is 17.6 Å². The molecule has 2 aromatic heterocycles. The summed E-state index contributed by atoms with van der Waals surface area (Å²) in [6.07, 6.45) is 6.05. The molecule has 3 heterocycles. The second-order valence-corrected chi connectivity index (χ2v) is 8.66. The molecular formula is C26H31N5O. The number of hydrogen-bond acceptors (Lipinski definition) is 5. The minimum atomic E-state index is 0.186. The fourth-order valence-corrected chi connectivity index (χ4v) is 4.58. The summed E-state index contributed by atoms with van der Waals surface area (Å²) in [5.74, 6) is 0.768. The van der Waals surface area contributed by atoms with E-state index >= 15 is 0 Å². The number of benzene rings is 1. The van der Waals surface area contributed by atoms with E-state index < -0.39 is 0 Å². The molecule has 0 bridgehead atoms. The van der Waals surface area contributed by atoms with Crippen molar-refractivity contribution in [2.45, 2.75) is 51.9 Å². The number of hydrogen-bond donors (Lipinski definition) is 1. The molecular weight excluding hydrogens is 398 g/mol. The molecule has 0 spiro atoms. The summed E-state index contributed by atoms with van der Waals surface area (Å²) in [6.45, 7) is 5.40. The molecule has 1 saturated heterocycles. The van der Waals surface area contributed by atoms with Crippen LogP contribution in [0.3, 0.4) is 0 Å². The number of nitrogens with two attached hydrogens (primary N) is 1. The first-order chi connectivity index (χ1) is 15.5. The highest BCUT2D eigenvalue weighted by molar-refractivity contribution is 5.76. The number of nitrogen functional groups attached to an aromatic ring is 1. The molecule has 1 aliphatic rings. The summed E-state index contributed by atoms with van der Waals surface area (Å²) in [5.41, 5.74) is 12.0. The van der Waals surface area contributed by atoms with Crippen LogP contribution in [0.1, 0.15) is 59.0 Å². The highest BCUT2D eigenvalue weighted by Gasteiger charge is 2.25. The van der Waals surface area contributed by atoms with Crippen molar-refractivity contribution in [1.29, 1.82) is 0 Å². The van der Waals surface area contributed by atoms with Gasteiger partial charge >= 0.3 is 0 Å². The molecule has 0 aliphatic carbocycles. The van der Waals surface area contributed by atoms with Crippen molar-refractivity contribution in [3.05, 3.63) is 82.4 Å². The van der Waals surface area contributed by atoms with Gasteiger partial charge in [-0.15, -0.1) is 0 Å². The van der Waals surface area contributed by atoms with Crippen LogP contribution in [0.25, 0.3) is 0 Å². The van der Waals surface area contributed by atoms with Gasteiger partial charge in [0.1, 0.15) is 0 Å². The summed E-state index contributed by atoms with van der Waals surface area (Å²) in [7, 11) is 0. The van der Waals surface area contributed by atoms with Crippen LogP contribution < -0.4 is 5.73 Å². The van der Waals surface area contributed by atoms with Crippen LogP contribution in [-0.4, -0.2) is 38.8 Å². The molecule has 0 radical (unpaired) electrons. The molecule has 1 unspecified atom stereocenters. The van der Waals surface area contributed by atoms with Crippen LogP contribution in [0.15, 0.2) is 48.7 Å². The smallest absolute Gasteiger partial charge is 0.222 e. The number of carbonyl (C=O) groups excluding carboxylic acids is 1. The number of rotatable bonds is 6. The first kappa shape index (κ1) is 21.9. The van der Waals surface area contributed by atoms with Gasteiger partial charge in [-0.1, -0.05) is 36.4 Å². The van der Waals surface area contributed by atoms with Crippen molar-refractivity contribution < 1.29 is 4.79 Å². The third kappa shape index (κ3) is 5.31. The summed E-state index contributed by atoms with van der Waals surface area (Å²) in [4.78, 5) is 28.2. The minimum Gasteiger partial charge on any atom is -0.368 e. The van der Waals surface area contributed by atoms with Gasteiger partial charge in [0.2, 0.25) is 11.9 Å². The molecule has 32 heavy (non-hydrogen) atoms. The molecule has 2 N–H and O–H groups in total. The molecule has 3 aromatic rings. The van der Waals surface area contributed by atoms with Gasteiger partial charge in [0.05, 0.1) is 0 Å². The highest BCUT2D eigenvalue weighted by atomic mass is 16.2. The fourth-order valence-electron chi connectivity index (χ4n) is 4.58. The number of anilines is 1. The maximum absolute atomic E-state index is 12.9. The van der Waals surface area contributed by atoms with E-state index in [0.717, 1.165) is 55.0 Å². The third-order valence-corrected chi connectivity index (χ3v) is 6.32. The Kier molecular flexibility index (Phi) is 6.78. The standard InChI is InChI=1S/C26H31N5O/c1-18-23(19(2)30-26(27)29-18)11-13-25(32)31-14-6-9-22(17-31)24-12-10-21(16-28-24)15-20-7-4-3-5-8-20/h3-5,7-8,10,12,16,22H,6,9,11,13-15,17H2,1-2H3,(H2,27,29,30). The molecule has 4 rings (SSSR count). The van der Waals surface area contributed by atoms with Gasteiger partial charge in [0.15, 0.2) is 0 Å². The van der Waals surface area contributed by atoms with E-state index in [1.165, 1.54) is 11.1 Å². The van der Waals surface area contributed by atoms with Crippen molar-refractivity contribution in [3.63, 3.8) is 0 Å². The average Bonchev–Trinajstić information content (AvgIpc) is 2.79. The Morgan fingerprint density at radius 2 is 1.81 bits per heavy atom. The maximum atomic E-state index is 12.9. The molecule has 1 atom stereocenters. The Morgan fingerprint density at radius 3 is 2.50 bits per heavy atom. The van der Waals surface area contributed by atoms with E-state index in [2.05, 4.69) is 46.4 Å². The first-order valence-corrected chi connectivity index (χ1v) is 11.4. The quantitative estimate of drug-likeness (QED) is 0.640. The molecule has 1 fully saturated rings. The molecule has 1 amide bonds. The van der Waals surface area contributed by atoms with Crippen LogP contribution in [0.2, 0.25) is 0 Å². The number of carbonyl (C=O) groups is 1. The Balaban J connectivity index is 1.35. The van der Waals surface area contributed by atoms with Crippen LogP contribution >= 0.6 is 0 Å². The highest BCUT2D eigenvalue weighted by Crippen LogP contribution is 2.27. The predicted octanol–water partition coefficient (Wildman–Crippen LogP) is 4.00. The SMILES string of the molecule is Cc1nc(N)nc(C)c1CCC(=O)N1CCCC(c2ccc(Cc3ccccc3)cn2)C1. The Morgan fingerprint density at radius 1 is 1.06 bits per heavy atom. The fraction of sp³-hybridized carbons (Fsp3) is 0.385. The van der Waals surface area contributed by atoms with Crippen molar-refractivity contribution in [2.75, 3.05) is 18.8 Å². The van der Waals surface area contributed by atoms with Crippen LogP contribution in [0.4, 0.5) is 5.95 Å². The summed E-state index contributed by atoms with van der Waals surface area (Å²) in [5, 5.41) is 0. The molecule has 0 saturated carbocycles. The number of nitrogens with zero attached hydrogens (tertiary/aromatic N) is 4. The second-order valence-electron chi connectivity index (χ2n) is 8.66. The van der Waals surface area contributed by atoms with Crippen molar-refractivity contribution in [3.8, 4) is 0 Å². The second kappa shape index (κ2) is 9.90. The average molecular weight is 430 g/mol. The van der Waals surface area contributed by atoms with Crippen molar-refractivity contribution in [1.82, 2.24) is 19.9 Å². The lowest BCUT2D eigenvalue weighted by molar-refractivity contribution is -0.132. The van der Waals surface area contributed by atoms with Gasteiger partial charge < -0.3 is 10.6 Å². The Bertz CT molecular complexity index is 1040. The third-order valence-electron chi connectivity index (χ3n) is 6.32. The van der Waals surface area contributed by atoms with E-state index in [1.807, 2.05) is 31.0 Å². The summed E-state index contributed by atoms with van der Waals surface area (Å²) < 4.78 is 0. The lowest BCUT2D eigenvalue weighted by Gasteiger charge is -2.32. The van der Waals surface area contributed by atoms with Gasteiger partial charge in [0.25, 0.3) is 0 Å². The summed E-state index contributed by atoms with van der Waals surface area (Å²) >= 11 is 0. The number of piperidine rings is 1. The van der Waals surface area contributed by atoms with Gasteiger partial charge in [-0.25, -0.2) is 9.97 Å². The lowest BCUT2D eigenvalue weighted by atomic mass is 9.93. The monoisotopic (exact) mass is 429 g/mol. The van der Waals surface area contributed by atoms with Crippen LogP contribution in [0.5, 0.6) is 0 Å². The van der Waals surface area contributed by atoms with Crippen molar-refractivity contribution in [2.24, 2.45) is 0 Å². The largest absolute Gasteiger partial charge is 0.368 e. The number of aryl methyl sites for hydroxylation is 2. The van der Waals surface area contributed by atoms with Gasteiger partial charge in [-0.3, -0.25) is 9.78 Å². The first-order valence-electron chi connectivity index (χ1n) is 11.4. The Hall–Kier alpha value is -3.28. The van der Waals surface area contributed by atoms with E-state index in [0.29, 0.717) is 18.8 Å².